The number of hydrogen-bond acceptors (Lipinski definition) is 6. The van der Waals surface area contributed by atoms with E-state index < -0.39 is 11.9 Å². The van der Waals surface area contributed by atoms with Crippen molar-refractivity contribution in [3.05, 3.63) is 74.5 Å². The Balaban J connectivity index is 1.80. The highest BCUT2D eigenvalue weighted by Crippen LogP contribution is 2.25. The van der Waals surface area contributed by atoms with E-state index in [-0.39, 0.29) is 23.0 Å². The second-order valence-electron chi connectivity index (χ2n) is 5.86. The summed E-state index contributed by atoms with van der Waals surface area (Å²) in [5.74, 6) is -1.29. The molecule has 3 rings (SSSR count). The van der Waals surface area contributed by atoms with Crippen LogP contribution in [0.25, 0.3) is 11.3 Å². The van der Waals surface area contributed by atoms with Crippen LogP contribution >= 0.6 is 11.3 Å². The number of hydrogen-bond donors (Lipinski definition) is 0. The summed E-state index contributed by atoms with van der Waals surface area (Å²) >= 11 is 1.01. The standard InChI is InChI=1S/C20H16FNO5S/c1-12-18(13-3-7-15(21)8-4-13)22(20(25)28-12)11-17(23)27-16-9-5-14(6-10-16)19(24)26-2/h3-10H,11H2,1-2H3. The van der Waals surface area contributed by atoms with E-state index in [9.17, 15) is 18.8 Å². The number of aromatic nitrogens is 1. The quantitative estimate of drug-likeness (QED) is 0.484. The summed E-state index contributed by atoms with van der Waals surface area (Å²) in [7, 11) is 1.27. The van der Waals surface area contributed by atoms with Gasteiger partial charge in [-0.05, 0) is 61.0 Å². The van der Waals surface area contributed by atoms with Crippen LogP contribution in [0.15, 0.2) is 53.3 Å². The molecule has 3 aromatic rings. The Morgan fingerprint density at radius 2 is 1.71 bits per heavy atom. The molecule has 0 bridgehead atoms. The van der Waals surface area contributed by atoms with Crippen molar-refractivity contribution in [2.24, 2.45) is 0 Å². The average molecular weight is 401 g/mol. The maximum atomic E-state index is 13.2. The summed E-state index contributed by atoms with van der Waals surface area (Å²) in [5, 5.41) is 0. The first kappa shape index (κ1) is 19.5. The molecule has 0 saturated carbocycles. The van der Waals surface area contributed by atoms with Crippen molar-refractivity contribution in [3.8, 4) is 17.0 Å². The van der Waals surface area contributed by atoms with Gasteiger partial charge in [-0.1, -0.05) is 11.3 Å². The molecule has 8 heteroatoms. The van der Waals surface area contributed by atoms with Crippen molar-refractivity contribution in [3.63, 3.8) is 0 Å². The Morgan fingerprint density at radius 1 is 1.07 bits per heavy atom. The molecule has 0 spiro atoms. The number of nitrogens with zero attached hydrogens (tertiary/aromatic N) is 1. The van der Waals surface area contributed by atoms with E-state index in [1.807, 2.05) is 0 Å². The van der Waals surface area contributed by atoms with E-state index in [1.165, 1.54) is 48.1 Å². The number of rotatable bonds is 5. The molecule has 28 heavy (non-hydrogen) atoms. The van der Waals surface area contributed by atoms with Crippen LogP contribution in [0.1, 0.15) is 15.2 Å². The van der Waals surface area contributed by atoms with Gasteiger partial charge in [-0.15, -0.1) is 0 Å². The molecule has 0 N–H and O–H groups in total. The molecule has 6 nitrogen and oxygen atoms in total. The largest absolute Gasteiger partial charge is 0.465 e. The van der Waals surface area contributed by atoms with Gasteiger partial charge < -0.3 is 9.47 Å². The monoisotopic (exact) mass is 401 g/mol. The molecule has 0 unspecified atom stereocenters. The summed E-state index contributed by atoms with van der Waals surface area (Å²) < 4.78 is 24.4. The topological polar surface area (TPSA) is 74.6 Å². The van der Waals surface area contributed by atoms with Gasteiger partial charge in [0.15, 0.2) is 0 Å². The van der Waals surface area contributed by atoms with E-state index >= 15 is 0 Å². The minimum absolute atomic E-state index is 0.237. The Labute approximate surface area is 163 Å². The number of aryl methyl sites for hydroxylation is 1. The third kappa shape index (κ3) is 4.17. The van der Waals surface area contributed by atoms with Crippen LogP contribution in [-0.4, -0.2) is 23.6 Å². The summed E-state index contributed by atoms with van der Waals surface area (Å²) in [5.41, 5.74) is 1.51. The van der Waals surface area contributed by atoms with E-state index in [0.29, 0.717) is 21.7 Å². The minimum Gasteiger partial charge on any atom is -0.465 e. The lowest BCUT2D eigenvalue weighted by atomic mass is 10.1. The third-order valence-corrected chi connectivity index (χ3v) is 4.87. The Bertz CT molecular complexity index is 1070. The number of ether oxygens (including phenoxy) is 2. The van der Waals surface area contributed by atoms with Gasteiger partial charge in [-0.3, -0.25) is 9.36 Å². The number of carbonyl (C=O) groups excluding carboxylic acids is 2. The molecule has 144 valence electrons. The van der Waals surface area contributed by atoms with Crippen LogP contribution in [0.2, 0.25) is 0 Å². The normalized spacial score (nSPS) is 10.5. The second kappa shape index (κ2) is 8.18. The van der Waals surface area contributed by atoms with E-state index in [2.05, 4.69) is 4.74 Å². The van der Waals surface area contributed by atoms with E-state index in [0.717, 1.165) is 11.3 Å². The SMILES string of the molecule is COC(=O)c1ccc(OC(=O)Cn2c(-c3ccc(F)cc3)c(C)sc2=O)cc1. The fourth-order valence-electron chi connectivity index (χ4n) is 2.70. The predicted molar refractivity (Wildman–Crippen MR) is 102 cm³/mol. The molecule has 0 aliphatic heterocycles. The van der Waals surface area contributed by atoms with Crippen LogP contribution in [0.4, 0.5) is 4.39 Å². The maximum absolute atomic E-state index is 13.2. The first-order valence-corrected chi connectivity index (χ1v) is 9.06. The molecule has 2 aromatic carbocycles. The maximum Gasteiger partial charge on any atom is 0.337 e. The fourth-order valence-corrected chi connectivity index (χ4v) is 3.55. The summed E-state index contributed by atoms with van der Waals surface area (Å²) in [4.78, 5) is 36.5. The first-order valence-electron chi connectivity index (χ1n) is 8.24. The number of benzene rings is 2. The minimum atomic E-state index is -0.644. The number of methoxy groups -OCH3 is 1. The van der Waals surface area contributed by atoms with Crippen molar-refractivity contribution in [1.29, 1.82) is 0 Å². The number of esters is 2. The molecule has 1 heterocycles. The lowest BCUT2D eigenvalue weighted by Crippen LogP contribution is -2.23. The van der Waals surface area contributed by atoms with Crippen molar-refractivity contribution < 1.29 is 23.5 Å². The van der Waals surface area contributed by atoms with Crippen LogP contribution in [0, 0.1) is 12.7 Å². The zero-order chi connectivity index (χ0) is 20.3. The fraction of sp³-hybridized carbons (Fsp3) is 0.150. The number of thiazole rings is 1. The molecular weight excluding hydrogens is 385 g/mol. The molecule has 0 atom stereocenters. The second-order valence-corrected chi connectivity index (χ2v) is 7.02. The van der Waals surface area contributed by atoms with Crippen molar-refractivity contribution >= 4 is 23.3 Å². The van der Waals surface area contributed by atoms with Crippen LogP contribution in [0.5, 0.6) is 5.75 Å². The van der Waals surface area contributed by atoms with Gasteiger partial charge in [0.05, 0.1) is 18.4 Å². The lowest BCUT2D eigenvalue weighted by Gasteiger charge is -2.09. The molecule has 0 radical (unpaired) electrons. The van der Waals surface area contributed by atoms with E-state index in [4.69, 9.17) is 4.74 Å². The summed E-state index contributed by atoms with van der Waals surface area (Å²) in [6.45, 7) is 1.47. The summed E-state index contributed by atoms with van der Waals surface area (Å²) in [6, 6.07) is 11.6. The molecule has 0 saturated heterocycles. The smallest absolute Gasteiger partial charge is 0.337 e. The number of carbonyl (C=O) groups is 2. The molecule has 0 aliphatic carbocycles. The Kier molecular flexibility index (Phi) is 5.70. The molecule has 0 aliphatic rings. The van der Waals surface area contributed by atoms with Gasteiger partial charge in [-0.25, -0.2) is 14.0 Å². The highest BCUT2D eigenvalue weighted by atomic mass is 32.1. The van der Waals surface area contributed by atoms with Gasteiger partial charge in [0, 0.05) is 4.88 Å². The predicted octanol–water partition coefficient (Wildman–Crippen LogP) is 3.42. The molecule has 0 amide bonds. The van der Waals surface area contributed by atoms with E-state index in [1.54, 1.807) is 19.1 Å². The van der Waals surface area contributed by atoms with Gasteiger partial charge in [0.2, 0.25) is 0 Å². The summed E-state index contributed by atoms with van der Waals surface area (Å²) in [6.07, 6.45) is 0. The van der Waals surface area contributed by atoms with Gasteiger partial charge in [-0.2, -0.15) is 0 Å². The first-order chi connectivity index (χ1) is 13.4. The van der Waals surface area contributed by atoms with Crippen molar-refractivity contribution in [1.82, 2.24) is 4.57 Å². The van der Waals surface area contributed by atoms with Crippen LogP contribution < -0.4 is 9.61 Å². The highest BCUT2D eigenvalue weighted by Gasteiger charge is 2.17. The average Bonchev–Trinajstić information content (AvgIpc) is 2.95. The zero-order valence-corrected chi connectivity index (χ0v) is 15.9. The Morgan fingerprint density at radius 3 is 2.32 bits per heavy atom. The van der Waals surface area contributed by atoms with Crippen LogP contribution in [-0.2, 0) is 16.1 Å². The molecule has 1 aromatic heterocycles. The van der Waals surface area contributed by atoms with Gasteiger partial charge in [0.25, 0.3) is 0 Å². The number of halogens is 1. The highest BCUT2D eigenvalue weighted by molar-refractivity contribution is 7.09. The van der Waals surface area contributed by atoms with Crippen LogP contribution in [0.3, 0.4) is 0 Å². The lowest BCUT2D eigenvalue weighted by molar-refractivity contribution is -0.135. The van der Waals surface area contributed by atoms with Crippen molar-refractivity contribution in [2.75, 3.05) is 7.11 Å². The third-order valence-electron chi connectivity index (χ3n) is 3.98. The molecule has 0 fully saturated rings. The molecular formula is C20H16FNO5S. The van der Waals surface area contributed by atoms with Crippen molar-refractivity contribution in [2.45, 2.75) is 13.5 Å². The Hall–Kier alpha value is -3.26. The van der Waals surface area contributed by atoms with Gasteiger partial charge in [0.1, 0.15) is 18.1 Å². The van der Waals surface area contributed by atoms with Gasteiger partial charge >= 0.3 is 16.8 Å². The zero-order valence-electron chi connectivity index (χ0n) is 15.1.